The summed E-state index contributed by atoms with van der Waals surface area (Å²) in [6, 6.07) is 0. The molecule has 1 saturated heterocycles. The van der Waals surface area contributed by atoms with E-state index in [4.69, 9.17) is 9.47 Å². The highest BCUT2D eigenvalue weighted by Crippen LogP contribution is 2.19. The predicted molar refractivity (Wildman–Crippen MR) is 40.1 cm³/mol. The van der Waals surface area contributed by atoms with E-state index in [-0.39, 0.29) is 12.2 Å². The molecule has 0 aromatic carbocycles. The van der Waals surface area contributed by atoms with Gasteiger partial charge in [-0.05, 0) is 6.42 Å². The monoisotopic (exact) mass is 156 g/mol. The van der Waals surface area contributed by atoms with Crippen molar-refractivity contribution in [2.45, 2.75) is 12.7 Å². The van der Waals surface area contributed by atoms with Crippen molar-refractivity contribution in [2.75, 3.05) is 13.2 Å². The lowest BCUT2D eigenvalue weighted by molar-refractivity contribution is -0.136. The van der Waals surface area contributed by atoms with Gasteiger partial charge in [0.1, 0.15) is 6.29 Å². The second-order valence-electron chi connectivity index (χ2n) is 2.45. The molecule has 0 aliphatic carbocycles. The van der Waals surface area contributed by atoms with Crippen LogP contribution in [-0.4, -0.2) is 25.8 Å². The van der Waals surface area contributed by atoms with Crippen LogP contribution in [-0.2, 0) is 14.3 Å². The number of ether oxygens (including phenoxy) is 2. The number of hydrogen-bond donors (Lipinski definition) is 0. The first-order valence-electron chi connectivity index (χ1n) is 3.68. The number of aldehydes is 1. The van der Waals surface area contributed by atoms with Crippen molar-refractivity contribution in [2.24, 2.45) is 5.92 Å². The molecule has 0 N–H and O–H groups in total. The zero-order chi connectivity index (χ0) is 8.10. The van der Waals surface area contributed by atoms with Gasteiger partial charge in [-0.1, -0.05) is 6.08 Å². The van der Waals surface area contributed by atoms with E-state index in [0.29, 0.717) is 13.2 Å². The van der Waals surface area contributed by atoms with E-state index >= 15 is 0 Å². The third kappa shape index (κ3) is 2.13. The summed E-state index contributed by atoms with van der Waals surface area (Å²) in [5, 5.41) is 0. The van der Waals surface area contributed by atoms with Crippen LogP contribution in [0.3, 0.4) is 0 Å². The molecule has 1 fully saturated rings. The molecule has 1 aliphatic heterocycles. The van der Waals surface area contributed by atoms with Crippen molar-refractivity contribution >= 4 is 6.29 Å². The second kappa shape index (κ2) is 4.26. The summed E-state index contributed by atoms with van der Waals surface area (Å²) in [5.74, 6) is -0.0880. The number of hydrogen-bond acceptors (Lipinski definition) is 3. The van der Waals surface area contributed by atoms with Crippen molar-refractivity contribution in [3.05, 3.63) is 12.7 Å². The number of rotatable bonds is 4. The first-order valence-corrected chi connectivity index (χ1v) is 3.68. The van der Waals surface area contributed by atoms with Gasteiger partial charge in [0, 0.05) is 0 Å². The lowest BCUT2D eigenvalue weighted by Crippen LogP contribution is -2.20. The molecule has 2 unspecified atom stereocenters. The van der Waals surface area contributed by atoms with E-state index in [9.17, 15) is 4.79 Å². The van der Waals surface area contributed by atoms with Crippen LogP contribution in [0.4, 0.5) is 0 Å². The van der Waals surface area contributed by atoms with Crippen molar-refractivity contribution in [1.82, 2.24) is 0 Å². The maximum absolute atomic E-state index is 10.4. The maximum Gasteiger partial charge on any atom is 0.167 e. The minimum absolute atomic E-state index is 0.0880. The third-order valence-corrected chi connectivity index (χ3v) is 1.64. The van der Waals surface area contributed by atoms with Gasteiger partial charge in [-0.3, -0.25) is 0 Å². The molecule has 0 radical (unpaired) electrons. The van der Waals surface area contributed by atoms with Crippen LogP contribution in [0.25, 0.3) is 0 Å². The molecule has 11 heavy (non-hydrogen) atoms. The Balaban J connectivity index is 2.30. The molecule has 62 valence electrons. The van der Waals surface area contributed by atoms with Crippen LogP contribution < -0.4 is 0 Å². The Kier molecular flexibility index (Phi) is 3.26. The van der Waals surface area contributed by atoms with Crippen LogP contribution in [0.15, 0.2) is 12.7 Å². The molecule has 1 aliphatic rings. The highest BCUT2D eigenvalue weighted by molar-refractivity contribution is 5.54. The van der Waals surface area contributed by atoms with Crippen LogP contribution in [0.1, 0.15) is 6.42 Å². The molecule has 0 saturated carbocycles. The van der Waals surface area contributed by atoms with Gasteiger partial charge in [-0.25, -0.2) is 0 Å². The Morgan fingerprint density at radius 2 is 2.55 bits per heavy atom. The molecule has 0 spiro atoms. The number of carbonyl (C=O) groups is 1. The van der Waals surface area contributed by atoms with Gasteiger partial charge in [-0.2, -0.15) is 0 Å². The normalized spacial score (nSPS) is 30.2. The average molecular weight is 156 g/mol. The molecule has 0 amide bonds. The van der Waals surface area contributed by atoms with Gasteiger partial charge in [-0.15, -0.1) is 6.58 Å². The largest absolute Gasteiger partial charge is 0.352 e. The van der Waals surface area contributed by atoms with E-state index in [1.54, 1.807) is 6.08 Å². The zero-order valence-electron chi connectivity index (χ0n) is 6.36. The summed E-state index contributed by atoms with van der Waals surface area (Å²) in [6.07, 6.45) is 2.96. The van der Waals surface area contributed by atoms with E-state index in [0.717, 1.165) is 12.7 Å². The highest BCUT2D eigenvalue weighted by Gasteiger charge is 2.27. The Labute approximate surface area is 66.0 Å². The summed E-state index contributed by atoms with van der Waals surface area (Å²) in [7, 11) is 0. The Bertz CT molecular complexity index is 144. The van der Waals surface area contributed by atoms with Gasteiger partial charge >= 0.3 is 0 Å². The fourth-order valence-corrected chi connectivity index (χ4v) is 1.05. The van der Waals surface area contributed by atoms with E-state index in [1.165, 1.54) is 0 Å². The van der Waals surface area contributed by atoms with Gasteiger partial charge < -0.3 is 14.3 Å². The molecule has 3 heteroatoms. The minimum atomic E-state index is -0.342. The summed E-state index contributed by atoms with van der Waals surface area (Å²) in [6.45, 7) is 4.56. The second-order valence-corrected chi connectivity index (χ2v) is 2.45. The van der Waals surface area contributed by atoms with Crippen LogP contribution in [0, 0.1) is 5.92 Å². The third-order valence-electron chi connectivity index (χ3n) is 1.64. The van der Waals surface area contributed by atoms with Gasteiger partial charge in [0.2, 0.25) is 0 Å². The first-order chi connectivity index (χ1) is 5.38. The molecular weight excluding hydrogens is 144 g/mol. The van der Waals surface area contributed by atoms with Crippen LogP contribution >= 0.6 is 0 Å². The quantitative estimate of drug-likeness (QED) is 0.445. The zero-order valence-corrected chi connectivity index (χ0v) is 6.36. The molecular formula is C8H12O3. The molecule has 2 atom stereocenters. The summed E-state index contributed by atoms with van der Waals surface area (Å²) >= 11 is 0. The molecule has 3 nitrogen and oxygen atoms in total. The lowest BCUT2D eigenvalue weighted by atomic mass is 10.1. The van der Waals surface area contributed by atoms with Crippen molar-refractivity contribution in [3.8, 4) is 0 Å². The van der Waals surface area contributed by atoms with Crippen molar-refractivity contribution in [1.29, 1.82) is 0 Å². The smallest absolute Gasteiger partial charge is 0.167 e. The minimum Gasteiger partial charge on any atom is -0.352 e. The Morgan fingerprint density at radius 3 is 3.18 bits per heavy atom. The molecule has 1 rings (SSSR count). The van der Waals surface area contributed by atoms with Gasteiger partial charge in [0.25, 0.3) is 0 Å². The van der Waals surface area contributed by atoms with Gasteiger partial charge in [0.05, 0.1) is 19.1 Å². The molecule has 1 heterocycles. The maximum atomic E-state index is 10.4. The predicted octanol–water partition coefficient (Wildman–Crippen LogP) is 0.750. The summed E-state index contributed by atoms with van der Waals surface area (Å²) in [5.41, 5.74) is 0. The fourth-order valence-electron chi connectivity index (χ4n) is 1.05. The van der Waals surface area contributed by atoms with E-state index in [1.807, 2.05) is 0 Å². The lowest BCUT2D eigenvalue weighted by Gasteiger charge is -2.12. The molecule has 0 bridgehead atoms. The standard InChI is InChI=1S/C8H12O3/c1-2-4-10-8-7(6-9)3-5-11-8/h2,6-8H,1,3-5H2. The molecule has 0 aromatic heterocycles. The van der Waals surface area contributed by atoms with Crippen molar-refractivity contribution in [3.63, 3.8) is 0 Å². The van der Waals surface area contributed by atoms with Gasteiger partial charge in [0.15, 0.2) is 6.29 Å². The Morgan fingerprint density at radius 1 is 1.73 bits per heavy atom. The topological polar surface area (TPSA) is 35.5 Å². The van der Waals surface area contributed by atoms with Crippen LogP contribution in [0.2, 0.25) is 0 Å². The van der Waals surface area contributed by atoms with E-state index in [2.05, 4.69) is 6.58 Å². The summed E-state index contributed by atoms with van der Waals surface area (Å²) < 4.78 is 10.3. The average Bonchev–Trinajstić information content (AvgIpc) is 2.47. The highest BCUT2D eigenvalue weighted by atomic mass is 16.7. The molecule has 0 aromatic rings. The first kappa shape index (κ1) is 8.43. The van der Waals surface area contributed by atoms with Crippen molar-refractivity contribution < 1.29 is 14.3 Å². The summed E-state index contributed by atoms with van der Waals surface area (Å²) in [4.78, 5) is 10.4. The Hall–Kier alpha value is -0.670. The van der Waals surface area contributed by atoms with Crippen LogP contribution in [0.5, 0.6) is 0 Å². The van der Waals surface area contributed by atoms with E-state index < -0.39 is 0 Å². The number of carbonyl (C=O) groups excluding carboxylic acids is 1. The SMILES string of the molecule is C=CCOC1OCCC1C=O. The fraction of sp³-hybridized carbons (Fsp3) is 0.625.